The summed E-state index contributed by atoms with van der Waals surface area (Å²) in [5.74, 6) is 1.66. The summed E-state index contributed by atoms with van der Waals surface area (Å²) in [6.07, 6.45) is 5.57. The first-order valence-corrected chi connectivity index (χ1v) is 11.4. The van der Waals surface area contributed by atoms with E-state index in [1.54, 1.807) is 25.3 Å². The Morgan fingerprint density at radius 1 is 1.11 bits per heavy atom. The molecule has 0 spiro atoms. The fraction of sp³-hybridized carbons (Fsp3) is 0.333. The number of rotatable bonds is 9. The van der Waals surface area contributed by atoms with E-state index in [1.807, 2.05) is 31.3 Å². The van der Waals surface area contributed by atoms with E-state index in [4.69, 9.17) is 23.7 Å². The third kappa shape index (κ3) is 5.02. The Morgan fingerprint density at radius 2 is 1.86 bits per heavy atom. The molecule has 0 saturated carbocycles. The lowest BCUT2D eigenvalue weighted by Gasteiger charge is -2.38. The van der Waals surface area contributed by atoms with Gasteiger partial charge in [0.1, 0.15) is 18.9 Å². The minimum Gasteiger partial charge on any atom is -0.492 e. The highest BCUT2D eigenvalue weighted by molar-refractivity contribution is 6.11. The van der Waals surface area contributed by atoms with E-state index in [2.05, 4.69) is 6.58 Å². The molecule has 8 nitrogen and oxygen atoms in total. The Bertz CT molecular complexity index is 1170. The maximum atomic E-state index is 13.5. The number of benzene rings is 2. The van der Waals surface area contributed by atoms with Crippen molar-refractivity contribution in [1.29, 1.82) is 0 Å². The second-order valence-corrected chi connectivity index (χ2v) is 8.78. The number of ketones is 1. The van der Waals surface area contributed by atoms with Crippen molar-refractivity contribution in [2.45, 2.75) is 13.0 Å². The van der Waals surface area contributed by atoms with E-state index in [-0.39, 0.29) is 25.1 Å². The monoisotopic (exact) mass is 480 g/mol. The molecule has 1 atom stereocenters. The second kappa shape index (κ2) is 10.2. The van der Waals surface area contributed by atoms with Crippen LogP contribution in [0.25, 0.3) is 6.08 Å². The third-order valence-electron chi connectivity index (χ3n) is 6.29. The maximum absolute atomic E-state index is 13.5. The van der Waals surface area contributed by atoms with Crippen LogP contribution < -0.4 is 18.9 Å². The number of esters is 1. The zero-order valence-corrected chi connectivity index (χ0v) is 20.3. The van der Waals surface area contributed by atoms with Gasteiger partial charge in [-0.1, -0.05) is 30.9 Å². The lowest BCUT2D eigenvalue weighted by Crippen LogP contribution is -2.51. The van der Waals surface area contributed by atoms with Crippen molar-refractivity contribution in [3.63, 3.8) is 0 Å². The highest BCUT2D eigenvalue weighted by atomic mass is 16.7. The average Bonchev–Trinajstić information content (AvgIpc) is 3.34. The van der Waals surface area contributed by atoms with Crippen LogP contribution in [-0.4, -0.2) is 64.0 Å². The number of likely N-dealkylation sites (N-methyl/N-ethyl adjacent to an activating group) is 1. The van der Waals surface area contributed by atoms with Crippen LogP contribution in [0.5, 0.6) is 23.0 Å². The number of methoxy groups -OCH3 is 2. The molecule has 0 radical (unpaired) electrons. The first-order chi connectivity index (χ1) is 16.9. The van der Waals surface area contributed by atoms with Gasteiger partial charge < -0.3 is 28.2 Å². The molecule has 0 N–H and O–H groups in total. The van der Waals surface area contributed by atoms with E-state index in [0.717, 1.165) is 22.4 Å². The van der Waals surface area contributed by atoms with Gasteiger partial charge in [0.25, 0.3) is 0 Å². The first-order valence-electron chi connectivity index (χ1n) is 11.4. The van der Waals surface area contributed by atoms with E-state index in [9.17, 15) is 9.59 Å². The number of hydrogen-bond donors (Lipinski definition) is 0. The lowest BCUT2D eigenvalue weighted by atomic mass is 9.89. The van der Waals surface area contributed by atoms with E-state index in [1.165, 1.54) is 7.11 Å². The fourth-order valence-electron chi connectivity index (χ4n) is 4.55. The number of fused-ring (bicyclic) bond motifs is 2. The molecule has 8 heteroatoms. The van der Waals surface area contributed by atoms with Crippen LogP contribution >= 0.6 is 0 Å². The number of carbonyl (C=O) groups is 2. The summed E-state index contributed by atoms with van der Waals surface area (Å²) in [5.41, 5.74) is 3.08. The summed E-state index contributed by atoms with van der Waals surface area (Å²) >= 11 is 0. The maximum Gasteiger partial charge on any atom is 0.361 e. The standard InChI is InChI=1S/C27H30NO7/c1-5-14-33-19-9-6-18(7-10-19)8-11-22(29)24-20-12-13-28(2,16-23(30)31-3)15-21(20)25(32-4)27-26(24)34-17-35-27/h5-11H,1,12-17H2,2-4H3/q+1/b11-8+/t28-/m1/s1. The van der Waals surface area contributed by atoms with Crippen molar-refractivity contribution in [2.75, 3.05) is 47.8 Å². The van der Waals surface area contributed by atoms with Crippen LogP contribution in [0.15, 0.2) is 43.0 Å². The summed E-state index contributed by atoms with van der Waals surface area (Å²) < 4.78 is 28.0. The second-order valence-electron chi connectivity index (χ2n) is 8.78. The zero-order valence-electron chi connectivity index (χ0n) is 20.3. The van der Waals surface area contributed by atoms with Gasteiger partial charge in [0.05, 0.1) is 38.9 Å². The molecule has 4 rings (SSSR count). The number of ether oxygens (including phenoxy) is 5. The van der Waals surface area contributed by atoms with Crippen LogP contribution in [0.4, 0.5) is 0 Å². The SMILES string of the molecule is C=CCOc1ccc(/C=C/C(=O)c2c3c(c(OC)c4c2OCO4)C[N@+](C)(CC(=O)OC)CC3)cc1. The molecule has 35 heavy (non-hydrogen) atoms. The average molecular weight is 481 g/mol. The van der Waals surface area contributed by atoms with Gasteiger partial charge in [-0.15, -0.1) is 0 Å². The molecule has 0 aliphatic carbocycles. The van der Waals surface area contributed by atoms with Crippen LogP contribution in [0.3, 0.4) is 0 Å². The van der Waals surface area contributed by atoms with Crippen LogP contribution in [0.2, 0.25) is 0 Å². The van der Waals surface area contributed by atoms with Gasteiger partial charge in [-0.25, -0.2) is 4.79 Å². The first kappa shape index (κ1) is 24.3. The number of allylic oxidation sites excluding steroid dienone is 1. The quantitative estimate of drug-likeness (QED) is 0.179. The Labute approximate surface area is 204 Å². The molecule has 0 bridgehead atoms. The van der Waals surface area contributed by atoms with E-state index < -0.39 is 0 Å². The smallest absolute Gasteiger partial charge is 0.361 e. The minimum atomic E-state index is -0.282. The van der Waals surface area contributed by atoms with Gasteiger partial charge in [0.2, 0.25) is 12.5 Å². The molecule has 0 saturated heterocycles. The van der Waals surface area contributed by atoms with Crippen molar-refractivity contribution in [1.82, 2.24) is 0 Å². The normalized spacial score (nSPS) is 18.1. The third-order valence-corrected chi connectivity index (χ3v) is 6.29. The van der Waals surface area contributed by atoms with Crippen LogP contribution in [0, 0.1) is 0 Å². The van der Waals surface area contributed by atoms with Crippen molar-refractivity contribution in [2.24, 2.45) is 0 Å². The Hall–Kier alpha value is -3.78. The number of hydrogen-bond acceptors (Lipinski definition) is 7. The van der Waals surface area contributed by atoms with Crippen molar-refractivity contribution >= 4 is 17.8 Å². The zero-order chi connectivity index (χ0) is 25.0. The number of nitrogens with zero attached hydrogens (tertiary/aromatic N) is 1. The Morgan fingerprint density at radius 3 is 2.54 bits per heavy atom. The number of carbonyl (C=O) groups excluding carboxylic acids is 2. The van der Waals surface area contributed by atoms with Gasteiger partial charge in [-0.05, 0) is 29.3 Å². The lowest BCUT2D eigenvalue weighted by molar-refractivity contribution is -0.917. The van der Waals surface area contributed by atoms with E-state index in [0.29, 0.717) is 53.4 Å². The highest BCUT2D eigenvalue weighted by Gasteiger charge is 2.40. The molecule has 0 amide bonds. The van der Waals surface area contributed by atoms with Crippen molar-refractivity contribution < 1.29 is 37.8 Å². The summed E-state index contributed by atoms with van der Waals surface area (Å²) in [6.45, 7) is 5.48. The van der Waals surface area contributed by atoms with Crippen molar-refractivity contribution in [3.05, 3.63) is 65.3 Å². The van der Waals surface area contributed by atoms with Crippen molar-refractivity contribution in [3.8, 4) is 23.0 Å². The molecule has 2 aliphatic heterocycles. The Kier molecular flexibility index (Phi) is 7.12. The molecule has 2 heterocycles. The summed E-state index contributed by atoms with van der Waals surface area (Å²) in [7, 11) is 4.95. The topological polar surface area (TPSA) is 80.3 Å². The summed E-state index contributed by atoms with van der Waals surface area (Å²) in [5, 5.41) is 0. The fourth-order valence-corrected chi connectivity index (χ4v) is 4.55. The molecule has 184 valence electrons. The van der Waals surface area contributed by atoms with Crippen LogP contribution in [0.1, 0.15) is 27.0 Å². The van der Waals surface area contributed by atoms with Gasteiger partial charge in [0.15, 0.2) is 23.8 Å². The van der Waals surface area contributed by atoms with Crippen LogP contribution in [-0.2, 0) is 22.5 Å². The van der Waals surface area contributed by atoms with Gasteiger partial charge >= 0.3 is 5.97 Å². The minimum absolute atomic E-state index is 0.0129. The molecule has 2 aliphatic rings. The molecule has 0 fully saturated rings. The summed E-state index contributed by atoms with van der Waals surface area (Å²) in [4.78, 5) is 25.5. The van der Waals surface area contributed by atoms with Gasteiger partial charge in [-0.2, -0.15) is 0 Å². The Balaban J connectivity index is 1.67. The molecule has 0 unspecified atom stereocenters. The molecule has 2 aromatic rings. The van der Waals surface area contributed by atoms with Gasteiger partial charge in [-0.3, -0.25) is 4.79 Å². The number of quaternary nitrogens is 1. The predicted octanol–water partition coefficient (Wildman–Crippen LogP) is 3.56. The predicted molar refractivity (Wildman–Crippen MR) is 130 cm³/mol. The molecular formula is C27H30NO7+. The molecular weight excluding hydrogens is 450 g/mol. The van der Waals surface area contributed by atoms with E-state index >= 15 is 0 Å². The van der Waals surface area contributed by atoms with Gasteiger partial charge in [0, 0.05) is 6.42 Å². The largest absolute Gasteiger partial charge is 0.492 e. The highest BCUT2D eigenvalue weighted by Crippen LogP contribution is 2.50. The molecule has 0 aromatic heterocycles. The molecule has 2 aromatic carbocycles. The summed E-state index contributed by atoms with van der Waals surface area (Å²) in [6, 6.07) is 7.45.